The van der Waals surface area contributed by atoms with Crippen LogP contribution in [0.5, 0.6) is 0 Å². The number of hydrogen-bond donors (Lipinski definition) is 1. The number of nitrogens with zero attached hydrogens (tertiary/aromatic N) is 3. The second-order valence-corrected chi connectivity index (χ2v) is 4.92. The van der Waals surface area contributed by atoms with Crippen LogP contribution in [0.15, 0.2) is 67.3 Å². The Morgan fingerprint density at radius 2 is 1.95 bits per heavy atom. The van der Waals surface area contributed by atoms with Gasteiger partial charge in [0.05, 0.1) is 17.4 Å². The molecule has 2 heterocycles. The molecule has 2 aromatic heterocycles. The lowest BCUT2D eigenvalue weighted by molar-refractivity contribution is 0.102. The van der Waals surface area contributed by atoms with Gasteiger partial charge in [0.25, 0.3) is 5.91 Å². The zero-order chi connectivity index (χ0) is 15.2. The van der Waals surface area contributed by atoms with E-state index < -0.39 is 0 Å². The van der Waals surface area contributed by atoms with Crippen LogP contribution in [-0.4, -0.2) is 20.7 Å². The SMILES string of the molecule is O=C(Nc1cnn(CCc2ccccc2)c1)c1cccnc1. The van der Waals surface area contributed by atoms with Crippen LogP contribution < -0.4 is 5.32 Å². The smallest absolute Gasteiger partial charge is 0.257 e. The molecule has 3 rings (SSSR count). The Bertz CT molecular complexity index is 738. The molecule has 3 aromatic rings. The fourth-order valence-corrected chi connectivity index (χ4v) is 2.14. The van der Waals surface area contributed by atoms with Crippen LogP contribution in [0.2, 0.25) is 0 Å². The zero-order valence-corrected chi connectivity index (χ0v) is 12.0. The third-order valence-electron chi connectivity index (χ3n) is 3.29. The number of aromatic nitrogens is 3. The fourth-order valence-electron chi connectivity index (χ4n) is 2.14. The summed E-state index contributed by atoms with van der Waals surface area (Å²) in [6.07, 6.45) is 7.56. The number of anilines is 1. The molecule has 0 spiro atoms. The van der Waals surface area contributed by atoms with Crippen molar-refractivity contribution in [1.82, 2.24) is 14.8 Å². The third kappa shape index (κ3) is 3.58. The number of amides is 1. The Hall–Kier alpha value is -2.95. The van der Waals surface area contributed by atoms with Gasteiger partial charge in [-0.1, -0.05) is 30.3 Å². The minimum Gasteiger partial charge on any atom is -0.319 e. The first-order valence-corrected chi connectivity index (χ1v) is 7.09. The molecule has 5 heteroatoms. The van der Waals surface area contributed by atoms with Crippen LogP contribution in [0.1, 0.15) is 15.9 Å². The molecule has 0 aliphatic rings. The van der Waals surface area contributed by atoms with Crippen LogP contribution in [-0.2, 0) is 13.0 Å². The number of pyridine rings is 1. The molecule has 0 fully saturated rings. The number of carbonyl (C=O) groups is 1. The van der Waals surface area contributed by atoms with Gasteiger partial charge in [-0.3, -0.25) is 14.5 Å². The Morgan fingerprint density at radius 1 is 1.09 bits per heavy atom. The third-order valence-corrected chi connectivity index (χ3v) is 3.29. The molecule has 0 atom stereocenters. The van der Waals surface area contributed by atoms with Crippen LogP contribution in [0.25, 0.3) is 0 Å². The van der Waals surface area contributed by atoms with Crippen molar-refractivity contribution >= 4 is 11.6 Å². The first-order chi connectivity index (χ1) is 10.8. The summed E-state index contributed by atoms with van der Waals surface area (Å²) in [5, 5.41) is 7.08. The minimum atomic E-state index is -0.185. The van der Waals surface area contributed by atoms with E-state index in [0.29, 0.717) is 11.3 Å². The van der Waals surface area contributed by atoms with Crippen molar-refractivity contribution < 1.29 is 4.79 Å². The van der Waals surface area contributed by atoms with E-state index in [1.54, 1.807) is 24.5 Å². The maximum Gasteiger partial charge on any atom is 0.257 e. The molecule has 0 bridgehead atoms. The minimum absolute atomic E-state index is 0.185. The van der Waals surface area contributed by atoms with Crippen molar-refractivity contribution in [3.05, 3.63) is 78.4 Å². The second-order valence-electron chi connectivity index (χ2n) is 4.92. The zero-order valence-electron chi connectivity index (χ0n) is 12.0. The maximum absolute atomic E-state index is 12.0. The molecule has 1 aromatic carbocycles. The molecule has 110 valence electrons. The highest BCUT2D eigenvalue weighted by molar-refractivity contribution is 6.03. The molecule has 1 N–H and O–H groups in total. The van der Waals surface area contributed by atoms with E-state index >= 15 is 0 Å². The average Bonchev–Trinajstić information content (AvgIpc) is 3.02. The monoisotopic (exact) mass is 292 g/mol. The largest absolute Gasteiger partial charge is 0.319 e. The van der Waals surface area contributed by atoms with E-state index in [9.17, 15) is 4.79 Å². The summed E-state index contributed by atoms with van der Waals surface area (Å²) in [6, 6.07) is 13.7. The van der Waals surface area contributed by atoms with E-state index in [1.807, 2.05) is 29.1 Å². The highest BCUT2D eigenvalue weighted by Crippen LogP contribution is 2.09. The van der Waals surface area contributed by atoms with Crippen molar-refractivity contribution in [3.8, 4) is 0 Å². The first-order valence-electron chi connectivity index (χ1n) is 7.09. The highest BCUT2D eigenvalue weighted by atomic mass is 16.1. The van der Waals surface area contributed by atoms with E-state index in [4.69, 9.17) is 0 Å². The standard InChI is InChI=1S/C17H16N4O/c22-17(15-7-4-9-18-11-15)20-16-12-19-21(13-16)10-8-14-5-2-1-3-6-14/h1-7,9,11-13H,8,10H2,(H,20,22). The second kappa shape index (κ2) is 6.67. The Morgan fingerprint density at radius 3 is 2.73 bits per heavy atom. The van der Waals surface area contributed by atoms with Crippen molar-refractivity contribution in [2.45, 2.75) is 13.0 Å². The summed E-state index contributed by atoms with van der Waals surface area (Å²) in [7, 11) is 0. The summed E-state index contributed by atoms with van der Waals surface area (Å²) in [5.41, 5.74) is 2.47. The molecule has 0 aliphatic carbocycles. The number of nitrogens with one attached hydrogen (secondary N) is 1. The predicted molar refractivity (Wildman–Crippen MR) is 84.6 cm³/mol. The van der Waals surface area contributed by atoms with Crippen LogP contribution in [0, 0.1) is 0 Å². The highest BCUT2D eigenvalue weighted by Gasteiger charge is 2.07. The van der Waals surface area contributed by atoms with E-state index in [2.05, 4.69) is 27.5 Å². The van der Waals surface area contributed by atoms with Crippen LogP contribution in [0.4, 0.5) is 5.69 Å². The molecule has 0 saturated carbocycles. The molecule has 22 heavy (non-hydrogen) atoms. The van der Waals surface area contributed by atoms with Gasteiger partial charge in [0.1, 0.15) is 0 Å². The van der Waals surface area contributed by atoms with Crippen LogP contribution >= 0.6 is 0 Å². The topological polar surface area (TPSA) is 59.8 Å². The van der Waals surface area contributed by atoms with Crippen molar-refractivity contribution in [2.75, 3.05) is 5.32 Å². The van der Waals surface area contributed by atoms with E-state index in [1.165, 1.54) is 11.8 Å². The van der Waals surface area contributed by atoms with Gasteiger partial charge >= 0.3 is 0 Å². The van der Waals surface area contributed by atoms with Gasteiger partial charge < -0.3 is 5.32 Å². The molecule has 0 unspecified atom stereocenters. The maximum atomic E-state index is 12.0. The number of benzene rings is 1. The Kier molecular flexibility index (Phi) is 4.25. The van der Waals surface area contributed by atoms with Gasteiger partial charge in [0.2, 0.25) is 0 Å². The quantitative estimate of drug-likeness (QED) is 0.786. The molecular formula is C17H16N4O. The Labute approximate surface area is 128 Å². The molecule has 0 radical (unpaired) electrons. The van der Waals surface area contributed by atoms with E-state index in [0.717, 1.165) is 13.0 Å². The van der Waals surface area contributed by atoms with Gasteiger partial charge in [-0.05, 0) is 24.1 Å². The van der Waals surface area contributed by atoms with Crippen molar-refractivity contribution in [1.29, 1.82) is 0 Å². The summed E-state index contributed by atoms with van der Waals surface area (Å²) in [5.74, 6) is -0.185. The first kappa shape index (κ1) is 14.0. The predicted octanol–water partition coefficient (Wildman–Crippen LogP) is 2.77. The average molecular weight is 292 g/mol. The number of carbonyl (C=O) groups excluding carboxylic acids is 1. The molecule has 0 saturated heterocycles. The summed E-state index contributed by atoms with van der Waals surface area (Å²) >= 11 is 0. The van der Waals surface area contributed by atoms with Crippen LogP contribution in [0.3, 0.4) is 0 Å². The van der Waals surface area contributed by atoms with E-state index in [-0.39, 0.29) is 5.91 Å². The molecule has 0 aliphatic heterocycles. The van der Waals surface area contributed by atoms with Gasteiger partial charge in [0, 0.05) is 25.1 Å². The fraction of sp³-hybridized carbons (Fsp3) is 0.118. The van der Waals surface area contributed by atoms with Gasteiger partial charge in [-0.2, -0.15) is 5.10 Å². The molecular weight excluding hydrogens is 276 g/mol. The van der Waals surface area contributed by atoms with Gasteiger partial charge in [-0.25, -0.2) is 0 Å². The van der Waals surface area contributed by atoms with Gasteiger partial charge in [-0.15, -0.1) is 0 Å². The lowest BCUT2D eigenvalue weighted by Crippen LogP contribution is -2.11. The molecule has 1 amide bonds. The lowest BCUT2D eigenvalue weighted by atomic mass is 10.1. The van der Waals surface area contributed by atoms with Crippen molar-refractivity contribution in [3.63, 3.8) is 0 Å². The normalized spacial score (nSPS) is 10.4. The Balaban J connectivity index is 1.58. The number of rotatable bonds is 5. The lowest BCUT2D eigenvalue weighted by Gasteiger charge is -2.02. The van der Waals surface area contributed by atoms with Gasteiger partial charge in [0.15, 0.2) is 0 Å². The molecule has 5 nitrogen and oxygen atoms in total. The number of hydrogen-bond acceptors (Lipinski definition) is 3. The number of aryl methyl sites for hydroxylation is 2. The summed E-state index contributed by atoms with van der Waals surface area (Å²) in [4.78, 5) is 15.9. The van der Waals surface area contributed by atoms with Crippen molar-refractivity contribution in [2.24, 2.45) is 0 Å². The summed E-state index contributed by atoms with van der Waals surface area (Å²) < 4.78 is 1.83. The summed E-state index contributed by atoms with van der Waals surface area (Å²) in [6.45, 7) is 0.771.